The van der Waals surface area contributed by atoms with Crippen LogP contribution >= 0.6 is 0 Å². The minimum absolute atomic E-state index is 0.0147. The van der Waals surface area contributed by atoms with Crippen LogP contribution in [0.1, 0.15) is 30.0 Å². The van der Waals surface area contributed by atoms with Crippen molar-refractivity contribution >= 4 is 17.8 Å². The highest BCUT2D eigenvalue weighted by Crippen LogP contribution is 2.34. The van der Waals surface area contributed by atoms with Gasteiger partial charge in [-0.15, -0.1) is 0 Å². The van der Waals surface area contributed by atoms with Crippen LogP contribution in [0.25, 0.3) is 0 Å². The van der Waals surface area contributed by atoms with Gasteiger partial charge in [0.1, 0.15) is 6.10 Å². The summed E-state index contributed by atoms with van der Waals surface area (Å²) < 4.78 is 15.6. The Hall–Kier alpha value is -2.83. The summed E-state index contributed by atoms with van der Waals surface area (Å²) in [5.41, 5.74) is 3.71. The highest BCUT2D eigenvalue weighted by Gasteiger charge is 2.44. The number of esters is 2. The molecule has 7 nitrogen and oxygen atoms in total. The molecule has 0 aliphatic rings. The van der Waals surface area contributed by atoms with Crippen molar-refractivity contribution in [3.8, 4) is 0 Å². The van der Waals surface area contributed by atoms with E-state index < -0.39 is 29.6 Å². The molecular formula is C15H17NO6. The van der Waals surface area contributed by atoms with Crippen molar-refractivity contribution < 1.29 is 28.3 Å². The van der Waals surface area contributed by atoms with E-state index in [1.807, 2.05) is 0 Å². The smallest absolute Gasteiger partial charge is 0.331 e. The molecule has 0 aliphatic heterocycles. The molecule has 0 bridgehead atoms. The summed E-state index contributed by atoms with van der Waals surface area (Å²) >= 11 is 0. The summed E-state index contributed by atoms with van der Waals surface area (Å²) in [5, 5.41) is 0. The van der Waals surface area contributed by atoms with Crippen LogP contribution in [0, 0.1) is 0 Å². The van der Waals surface area contributed by atoms with Crippen LogP contribution in [0.4, 0.5) is 0 Å². The number of nitrogens with two attached hydrogens (primary N) is 1. The molecular weight excluding hydrogens is 290 g/mol. The molecule has 0 fully saturated rings. The number of ether oxygens (including phenoxy) is 2. The molecule has 0 radical (unpaired) electrons. The minimum Gasteiger partial charge on any atom is -0.464 e. The van der Waals surface area contributed by atoms with E-state index in [1.165, 1.54) is 26.2 Å². The molecule has 7 heteroatoms. The van der Waals surface area contributed by atoms with Gasteiger partial charge in [-0.1, -0.05) is 13.2 Å². The maximum atomic E-state index is 11.6. The van der Waals surface area contributed by atoms with Crippen molar-refractivity contribution in [1.29, 1.82) is 0 Å². The first-order valence-corrected chi connectivity index (χ1v) is 6.32. The fourth-order valence-corrected chi connectivity index (χ4v) is 1.79. The van der Waals surface area contributed by atoms with Crippen LogP contribution in [-0.2, 0) is 24.7 Å². The molecule has 22 heavy (non-hydrogen) atoms. The lowest BCUT2D eigenvalue weighted by molar-refractivity contribution is -0.180. The fourth-order valence-electron chi connectivity index (χ4n) is 1.79. The summed E-state index contributed by atoms with van der Waals surface area (Å²) in [6, 6.07) is 1.33. The van der Waals surface area contributed by atoms with Crippen molar-refractivity contribution in [2.24, 2.45) is 5.73 Å². The SMILES string of the molecule is C=CC(=O)OC(C)C(C)(OC(=O)C=C)c1occc1C(N)=O. The maximum Gasteiger partial charge on any atom is 0.331 e. The zero-order valence-corrected chi connectivity index (χ0v) is 12.3. The molecule has 1 heterocycles. The Labute approximate surface area is 127 Å². The van der Waals surface area contributed by atoms with Gasteiger partial charge in [0, 0.05) is 12.2 Å². The second-order valence-electron chi connectivity index (χ2n) is 4.54. The molecule has 1 aromatic heterocycles. The van der Waals surface area contributed by atoms with Crippen molar-refractivity contribution in [3.05, 3.63) is 49.0 Å². The summed E-state index contributed by atoms with van der Waals surface area (Å²) in [4.78, 5) is 34.5. The second-order valence-corrected chi connectivity index (χ2v) is 4.54. The second kappa shape index (κ2) is 6.75. The van der Waals surface area contributed by atoms with Gasteiger partial charge < -0.3 is 19.6 Å². The number of furan rings is 1. The number of primary amides is 1. The lowest BCUT2D eigenvalue weighted by atomic mass is 9.93. The number of amides is 1. The van der Waals surface area contributed by atoms with E-state index in [-0.39, 0.29) is 11.3 Å². The molecule has 2 N–H and O–H groups in total. The number of hydrogen-bond donors (Lipinski definition) is 1. The fraction of sp³-hybridized carbons (Fsp3) is 0.267. The van der Waals surface area contributed by atoms with Crippen LogP contribution < -0.4 is 5.73 Å². The third kappa shape index (κ3) is 3.43. The van der Waals surface area contributed by atoms with Crippen LogP contribution in [0.2, 0.25) is 0 Å². The zero-order chi connectivity index (χ0) is 16.9. The first kappa shape index (κ1) is 17.2. The summed E-state index contributed by atoms with van der Waals surface area (Å²) in [7, 11) is 0. The van der Waals surface area contributed by atoms with Crippen LogP contribution in [0.5, 0.6) is 0 Å². The van der Waals surface area contributed by atoms with Gasteiger partial charge >= 0.3 is 11.9 Å². The molecule has 0 spiro atoms. The van der Waals surface area contributed by atoms with Gasteiger partial charge in [0.05, 0.1) is 11.8 Å². The summed E-state index contributed by atoms with van der Waals surface area (Å²) in [5.74, 6) is -2.30. The Balaban J connectivity index is 3.32. The molecule has 1 rings (SSSR count). The molecule has 2 atom stereocenters. The van der Waals surface area contributed by atoms with Gasteiger partial charge in [-0.2, -0.15) is 0 Å². The Morgan fingerprint density at radius 3 is 2.41 bits per heavy atom. The Kier molecular flexibility index (Phi) is 5.28. The largest absolute Gasteiger partial charge is 0.464 e. The van der Waals surface area contributed by atoms with Crippen LogP contribution in [0.3, 0.4) is 0 Å². The van der Waals surface area contributed by atoms with Gasteiger partial charge in [0.25, 0.3) is 5.91 Å². The monoisotopic (exact) mass is 307 g/mol. The van der Waals surface area contributed by atoms with E-state index in [2.05, 4.69) is 13.2 Å². The van der Waals surface area contributed by atoms with Gasteiger partial charge in [-0.3, -0.25) is 4.79 Å². The summed E-state index contributed by atoms with van der Waals surface area (Å²) in [6.07, 6.45) is 2.14. The van der Waals surface area contributed by atoms with E-state index >= 15 is 0 Å². The third-order valence-electron chi connectivity index (χ3n) is 3.10. The summed E-state index contributed by atoms with van der Waals surface area (Å²) in [6.45, 7) is 9.49. The molecule has 0 aliphatic carbocycles. The van der Waals surface area contributed by atoms with Crippen LogP contribution in [0.15, 0.2) is 42.1 Å². The van der Waals surface area contributed by atoms with Gasteiger partial charge in [-0.25, -0.2) is 9.59 Å². The van der Waals surface area contributed by atoms with Crippen molar-refractivity contribution in [1.82, 2.24) is 0 Å². The standard InChI is InChI=1S/C15H17NO6/c1-5-11(17)21-9(3)15(4,22-12(18)6-2)13-10(14(16)19)7-8-20-13/h5-9H,1-2H2,3-4H3,(H2,16,19). The third-order valence-corrected chi connectivity index (χ3v) is 3.10. The molecule has 1 aromatic rings. The van der Waals surface area contributed by atoms with Crippen LogP contribution in [-0.4, -0.2) is 23.9 Å². The number of rotatable bonds is 7. The molecule has 1 amide bonds. The zero-order valence-electron chi connectivity index (χ0n) is 12.3. The minimum atomic E-state index is -1.57. The Morgan fingerprint density at radius 2 is 1.91 bits per heavy atom. The highest BCUT2D eigenvalue weighted by molar-refractivity contribution is 5.94. The van der Waals surface area contributed by atoms with E-state index in [9.17, 15) is 14.4 Å². The van der Waals surface area contributed by atoms with E-state index in [1.54, 1.807) is 0 Å². The van der Waals surface area contributed by atoms with Crippen molar-refractivity contribution in [3.63, 3.8) is 0 Å². The first-order chi connectivity index (χ1) is 10.3. The molecule has 0 saturated heterocycles. The predicted molar refractivity (Wildman–Crippen MR) is 76.6 cm³/mol. The Bertz CT molecular complexity index is 617. The lowest BCUT2D eigenvalue weighted by Gasteiger charge is -2.32. The average Bonchev–Trinajstić information content (AvgIpc) is 2.96. The highest BCUT2D eigenvalue weighted by atomic mass is 16.6. The quantitative estimate of drug-likeness (QED) is 0.603. The van der Waals surface area contributed by atoms with Gasteiger partial charge in [0.2, 0.25) is 5.60 Å². The number of carbonyl (C=O) groups is 3. The Morgan fingerprint density at radius 1 is 1.32 bits per heavy atom. The van der Waals surface area contributed by atoms with Gasteiger partial charge in [-0.05, 0) is 19.9 Å². The average molecular weight is 307 g/mol. The lowest BCUT2D eigenvalue weighted by Crippen LogP contribution is -2.42. The van der Waals surface area contributed by atoms with Crippen molar-refractivity contribution in [2.45, 2.75) is 25.6 Å². The molecule has 118 valence electrons. The predicted octanol–water partition coefficient (Wildman–Crippen LogP) is 1.44. The molecule has 0 saturated carbocycles. The normalized spacial score (nSPS) is 14.3. The first-order valence-electron chi connectivity index (χ1n) is 6.32. The maximum absolute atomic E-state index is 11.6. The van der Waals surface area contributed by atoms with Crippen molar-refractivity contribution in [2.75, 3.05) is 0 Å². The van der Waals surface area contributed by atoms with E-state index in [0.717, 1.165) is 12.2 Å². The number of carbonyl (C=O) groups excluding carboxylic acids is 3. The number of hydrogen-bond acceptors (Lipinski definition) is 6. The van der Waals surface area contributed by atoms with E-state index in [4.69, 9.17) is 19.6 Å². The topological polar surface area (TPSA) is 109 Å². The molecule has 0 aromatic carbocycles. The molecule has 2 unspecified atom stereocenters. The van der Waals surface area contributed by atoms with Gasteiger partial charge in [0.15, 0.2) is 5.76 Å². The van der Waals surface area contributed by atoms with E-state index in [0.29, 0.717) is 0 Å².